The van der Waals surface area contributed by atoms with Crippen molar-refractivity contribution in [2.75, 3.05) is 72.6 Å². The van der Waals surface area contributed by atoms with Gasteiger partial charge in [-0.2, -0.15) is 0 Å². The first kappa shape index (κ1) is 32.8. The summed E-state index contributed by atoms with van der Waals surface area (Å²) < 4.78 is 40.0. The lowest BCUT2D eigenvalue weighted by Gasteiger charge is -2.17. The maximum Gasteiger partial charge on any atom is 0.216 e. The van der Waals surface area contributed by atoms with Crippen LogP contribution in [0.3, 0.4) is 0 Å². The average molecular weight is 433 g/mol. The van der Waals surface area contributed by atoms with E-state index >= 15 is 0 Å². The number of rotatable bonds is 18. The molecule has 29 heavy (non-hydrogen) atoms. The number of nitrogens with two attached hydrogens (primary N) is 1. The molecule has 0 rings (SSSR count). The van der Waals surface area contributed by atoms with Crippen LogP contribution in [0, 0.1) is 0 Å². The quantitative estimate of drug-likeness (QED) is 0.321. The summed E-state index contributed by atoms with van der Waals surface area (Å²) in [6, 6.07) is 0. The molecular formula is C20H49FN2O6. The first-order valence-corrected chi connectivity index (χ1v) is 10.6. The molecular weight excluding hydrogens is 383 g/mol. The van der Waals surface area contributed by atoms with Crippen LogP contribution in [0.2, 0.25) is 0 Å². The van der Waals surface area contributed by atoms with Crippen LogP contribution in [-0.2, 0) is 28.5 Å². The average Bonchev–Trinajstić information content (AvgIpc) is 2.74. The molecule has 0 radical (unpaired) electrons. The molecule has 0 heterocycles. The van der Waals surface area contributed by atoms with Gasteiger partial charge in [-0.15, -0.1) is 0 Å². The number of hydrogen-bond acceptors (Lipinski definition) is 7. The van der Waals surface area contributed by atoms with Crippen molar-refractivity contribution in [1.82, 2.24) is 5.32 Å². The second kappa shape index (κ2) is 29.4. The Bertz CT molecular complexity index is 325. The summed E-state index contributed by atoms with van der Waals surface area (Å²) in [5.74, 6) is -0.261. The number of hydrogen-bond donors (Lipinski definition) is 2. The van der Waals surface area contributed by atoms with E-state index in [-0.39, 0.29) is 21.9 Å². The highest BCUT2D eigenvalue weighted by molar-refractivity contribution is 5.72. The Labute approximate surface area is 179 Å². The Morgan fingerprint density at radius 3 is 1.62 bits per heavy atom. The summed E-state index contributed by atoms with van der Waals surface area (Å²) in [6.07, 6.45) is -1.84. The highest BCUT2D eigenvalue weighted by atomic mass is 19.1. The van der Waals surface area contributed by atoms with Crippen molar-refractivity contribution in [3.05, 3.63) is 0 Å². The molecule has 3 N–H and O–H groups in total. The molecule has 0 spiro atoms. The van der Waals surface area contributed by atoms with Gasteiger partial charge >= 0.3 is 0 Å². The Balaban J connectivity index is -0.000000353. The molecule has 0 saturated carbocycles. The number of ether oxygens (including phenoxy) is 5. The lowest BCUT2D eigenvalue weighted by atomic mass is 10.2. The van der Waals surface area contributed by atoms with E-state index in [1.54, 1.807) is 6.92 Å². The minimum Gasteiger partial charge on any atom is -0.378 e. The number of halogens is 1. The number of alkyl halides is 1. The van der Waals surface area contributed by atoms with Gasteiger partial charge in [0.25, 0.3) is 0 Å². The fourth-order valence-electron chi connectivity index (χ4n) is 1.65. The Morgan fingerprint density at radius 2 is 1.24 bits per heavy atom. The second-order valence-corrected chi connectivity index (χ2v) is 5.27. The second-order valence-electron chi connectivity index (χ2n) is 5.27. The third-order valence-electron chi connectivity index (χ3n) is 3.04. The first-order chi connectivity index (χ1) is 14.1. The van der Waals surface area contributed by atoms with Gasteiger partial charge in [0.2, 0.25) is 5.91 Å². The molecule has 9 heteroatoms. The molecule has 0 aromatic carbocycles. The van der Waals surface area contributed by atoms with E-state index in [1.165, 1.54) is 6.92 Å². The van der Waals surface area contributed by atoms with E-state index in [1.807, 2.05) is 27.7 Å². The first-order valence-electron chi connectivity index (χ1n) is 10.6. The fraction of sp³-hybridized carbons (Fsp3) is 0.950. The molecule has 0 aliphatic rings. The van der Waals surface area contributed by atoms with Gasteiger partial charge in [-0.05, 0) is 6.92 Å². The SMILES string of the molecule is CC.CC.CC(=O)NCC(F)C(C)OCCOCCOCCOCCOCCN.[HH].[HH]. The highest BCUT2D eigenvalue weighted by Crippen LogP contribution is 2.02. The van der Waals surface area contributed by atoms with Crippen molar-refractivity contribution in [2.24, 2.45) is 5.73 Å². The molecule has 182 valence electrons. The van der Waals surface area contributed by atoms with Crippen LogP contribution in [0.5, 0.6) is 0 Å². The molecule has 0 aromatic rings. The van der Waals surface area contributed by atoms with E-state index in [0.717, 1.165) is 0 Å². The molecule has 0 aliphatic carbocycles. The van der Waals surface area contributed by atoms with Crippen molar-refractivity contribution >= 4 is 5.91 Å². The van der Waals surface area contributed by atoms with Gasteiger partial charge in [-0.25, -0.2) is 4.39 Å². The van der Waals surface area contributed by atoms with Crippen LogP contribution in [0.25, 0.3) is 0 Å². The van der Waals surface area contributed by atoms with Crippen molar-refractivity contribution in [3.63, 3.8) is 0 Å². The van der Waals surface area contributed by atoms with E-state index in [0.29, 0.717) is 59.4 Å². The van der Waals surface area contributed by atoms with Crippen LogP contribution < -0.4 is 11.1 Å². The molecule has 0 saturated heterocycles. The van der Waals surface area contributed by atoms with E-state index in [9.17, 15) is 9.18 Å². The Kier molecular flexibility index (Phi) is 33.2. The minimum absolute atomic E-state index is 0. The third kappa shape index (κ3) is 29.5. The summed E-state index contributed by atoms with van der Waals surface area (Å²) in [7, 11) is 0. The molecule has 0 fully saturated rings. The molecule has 2 unspecified atom stereocenters. The van der Waals surface area contributed by atoms with Crippen molar-refractivity contribution in [2.45, 2.75) is 53.8 Å². The topological polar surface area (TPSA) is 101 Å². The maximum atomic E-state index is 13.6. The van der Waals surface area contributed by atoms with E-state index < -0.39 is 12.3 Å². The summed E-state index contributed by atoms with van der Waals surface area (Å²) in [4.78, 5) is 10.7. The van der Waals surface area contributed by atoms with E-state index in [4.69, 9.17) is 29.4 Å². The smallest absolute Gasteiger partial charge is 0.216 e. The van der Waals surface area contributed by atoms with Crippen molar-refractivity contribution in [3.8, 4) is 0 Å². The lowest BCUT2D eigenvalue weighted by molar-refractivity contribution is -0.119. The predicted octanol–water partition coefficient (Wildman–Crippen LogP) is 2.44. The van der Waals surface area contributed by atoms with Gasteiger partial charge in [-0.3, -0.25) is 4.79 Å². The van der Waals surface area contributed by atoms with Crippen LogP contribution in [0.15, 0.2) is 0 Å². The molecule has 8 nitrogen and oxygen atoms in total. The molecule has 0 aliphatic heterocycles. The number of amides is 1. The van der Waals surface area contributed by atoms with Gasteiger partial charge in [-0.1, -0.05) is 27.7 Å². The summed E-state index contributed by atoms with van der Waals surface area (Å²) in [6.45, 7) is 15.5. The van der Waals surface area contributed by atoms with Gasteiger partial charge in [0.05, 0.1) is 72.1 Å². The van der Waals surface area contributed by atoms with Crippen LogP contribution >= 0.6 is 0 Å². The maximum absolute atomic E-state index is 13.6. The highest BCUT2D eigenvalue weighted by Gasteiger charge is 2.16. The fourth-order valence-corrected chi connectivity index (χ4v) is 1.65. The molecule has 0 aromatic heterocycles. The van der Waals surface area contributed by atoms with Gasteiger partial charge in [0, 0.05) is 16.3 Å². The summed E-state index contributed by atoms with van der Waals surface area (Å²) in [5, 5.41) is 2.41. The zero-order valence-electron chi connectivity index (χ0n) is 19.3. The summed E-state index contributed by atoms with van der Waals surface area (Å²) >= 11 is 0. The van der Waals surface area contributed by atoms with Crippen molar-refractivity contribution < 1.29 is 35.7 Å². The summed E-state index contributed by atoms with van der Waals surface area (Å²) in [5.41, 5.74) is 5.28. The monoisotopic (exact) mass is 432 g/mol. The standard InChI is InChI=1S/C16H33FN2O6.2C2H6.2H2/c1-14(16(17)13-19-15(2)20)25-12-11-24-10-9-23-8-7-22-6-5-21-4-3-18;2*1-2;;/h14,16H,3-13,18H2,1-2H3,(H,19,20);2*1-2H3;2*1H. The van der Waals surface area contributed by atoms with Gasteiger partial charge in [0.1, 0.15) is 6.17 Å². The third-order valence-corrected chi connectivity index (χ3v) is 3.04. The number of nitrogens with one attached hydrogen (secondary N) is 1. The number of carbonyl (C=O) groups is 1. The predicted molar refractivity (Wildman–Crippen MR) is 118 cm³/mol. The van der Waals surface area contributed by atoms with Crippen molar-refractivity contribution in [1.29, 1.82) is 0 Å². The zero-order chi connectivity index (χ0) is 22.8. The molecule has 2 atom stereocenters. The van der Waals surface area contributed by atoms with Gasteiger partial charge in [0.15, 0.2) is 0 Å². The molecule has 1 amide bonds. The zero-order valence-corrected chi connectivity index (χ0v) is 19.3. The normalized spacial score (nSPS) is 12.1. The Morgan fingerprint density at radius 1 is 0.862 bits per heavy atom. The number of carbonyl (C=O) groups excluding carboxylic acids is 1. The van der Waals surface area contributed by atoms with Gasteiger partial charge < -0.3 is 34.7 Å². The van der Waals surface area contributed by atoms with Crippen LogP contribution in [0.4, 0.5) is 4.39 Å². The van der Waals surface area contributed by atoms with Crippen LogP contribution in [-0.4, -0.2) is 90.7 Å². The van der Waals surface area contributed by atoms with Crippen LogP contribution in [0.1, 0.15) is 44.4 Å². The Hall–Kier alpha value is -0.840. The molecule has 0 bridgehead atoms. The largest absolute Gasteiger partial charge is 0.378 e. The minimum atomic E-state index is -1.24. The lowest BCUT2D eigenvalue weighted by Crippen LogP contribution is -2.35. The van der Waals surface area contributed by atoms with E-state index in [2.05, 4.69) is 5.32 Å².